The fourth-order valence-corrected chi connectivity index (χ4v) is 2.31. The Morgan fingerprint density at radius 1 is 1.09 bits per heavy atom. The van der Waals surface area contributed by atoms with E-state index in [1.807, 2.05) is 0 Å². The van der Waals surface area contributed by atoms with Gasteiger partial charge in [-0.05, 0) is 55.9 Å². The van der Waals surface area contributed by atoms with Crippen LogP contribution in [0.2, 0.25) is 0 Å². The highest BCUT2D eigenvalue weighted by Gasteiger charge is 2.29. The highest BCUT2D eigenvalue weighted by molar-refractivity contribution is 8.00. The van der Waals surface area contributed by atoms with E-state index in [1.54, 1.807) is 19.9 Å². The summed E-state index contributed by atoms with van der Waals surface area (Å²) in [5.41, 5.74) is 2.30. The van der Waals surface area contributed by atoms with Crippen LogP contribution in [0.1, 0.15) is 21.7 Å². The van der Waals surface area contributed by atoms with Gasteiger partial charge in [0.25, 0.3) is 5.91 Å². The summed E-state index contributed by atoms with van der Waals surface area (Å²) in [7, 11) is 0. The summed E-state index contributed by atoms with van der Waals surface area (Å²) in [4.78, 5) is 20.1. The SMILES string of the molecule is Cc1cc(C)nc(NNC(=O)c2ccc(SC(F)(F)F)cc2)n1. The lowest BCUT2D eigenvalue weighted by Crippen LogP contribution is -2.30. The monoisotopic (exact) mass is 342 g/mol. The lowest BCUT2D eigenvalue weighted by molar-refractivity contribution is -0.0328. The van der Waals surface area contributed by atoms with Crippen molar-refractivity contribution in [2.75, 3.05) is 5.43 Å². The van der Waals surface area contributed by atoms with Gasteiger partial charge in [0.1, 0.15) is 0 Å². The molecule has 0 saturated heterocycles. The molecule has 2 N–H and O–H groups in total. The third-order valence-corrected chi connectivity index (χ3v) is 3.36. The molecule has 2 rings (SSSR count). The molecule has 0 saturated carbocycles. The van der Waals surface area contributed by atoms with Gasteiger partial charge < -0.3 is 0 Å². The molecule has 0 spiro atoms. The van der Waals surface area contributed by atoms with Gasteiger partial charge in [-0.1, -0.05) is 0 Å². The molecular formula is C14H13F3N4OS. The van der Waals surface area contributed by atoms with Crippen LogP contribution in [0.4, 0.5) is 19.1 Å². The molecule has 0 atom stereocenters. The number of hydrogen-bond donors (Lipinski definition) is 2. The molecule has 0 unspecified atom stereocenters. The average molecular weight is 342 g/mol. The quantitative estimate of drug-likeness (QED) is 0.658. The number of benzene rings is 1. The van der Waals surface area contributed by atoms with Crippen molar-refractivity contribution in [2.24, 2.45) is 0 Å². The van der Waals surface area contributed by atoms with Gasteiger partial charge in [0.15, 0.2) is 0 Å². The molecule has 0 aliphatic rings. The number of anilines is 1. The fourth-order valence-electron chi connectivity index (χ4n) is 1.77. The van der Waals surface area contributed by atoms with Crippen molar-refractivity contribution >= 4 is 23.6 Å². The molecule has 1 aromatic heterocycles. The number of alkyl halides is 3. The van der Waals surface area contributed by atoms with Crippen molar-refractivity contribution in [3.8, 4) is 0 Å². The molecule has 23 heavy (non-hydrogen) atoms. The third-order valence-electron chi connectivity index (χ3n) is 2.62. The first-order valence-electron chi connectivity index (χ1n) is 6.47. The molecule has 0 bridgehead atoms. The van der Waals surface area contributed by atoms with E-state index in [4.69, 9.17) is 0 Å². The summed E-state index contributed by atoms with van der Waals surface area (Å²) in [6, 6.07) is 6.88. The number of thioether (sulfide) groups is 1. The van der Waals surface area contributed by atoms with E-state index in [9.17, 15) is 18.0 Å². The van der Waals surface area contributed by atoms with E-state index in [2.05, 4.69) is 20.8 Å². The maximum absolute atomic E-state index is 12.2. The molecule has 0 fully saturated rings. The minimum absolute atomic E-state index is 0.0136. The van der Waals surface area contributed by atoms with Crippen LogP contribution >= 0.6 is 11.8 Å². The minimum atomic E-state index is -4.36. The Morgan fingerprint density at radius 2 is 1.65 bits per heavy atom. The lowest BCUT2D eigenvalue weighted by Gasteiger charge is -2.09. The normalized spacial score (nSPS) is 11.2. The zero-order valence-corrected chi connectivity index (χ0v) is 13.0. The topological polar surface area (TPSA) is 66.9 Å². The van der Waals surface area contributed by atoms with Crippen molar-refractivity contribution in [2.45, 2.75) is 24.3 Å². The van der Waals surface area contributed by atoms with E-state index >= 15 is 0 Å². The van der Waals surface area contributed by atoms with Gasteiger partial charge in [-0.3, -0.25) is 15.6 Å². The number of hydrogen-bond acceptors (Lipinski definition) is 5. The number of carbonyl (C=O) groups is 1. The van der Waals surface area contributed by atoms with Gasteiger partial charge in [-0.15, -0.1) is 0 Å². The van der Waals surface area contributed by atoms with E-state index in [-0.39, 0.29) is 28.2 Å². The number of nitrogens with zero attached hydrogens (tertiary/aromatic N) is 2. The number of carbonyl (C=O) groups excluding carboxylic acids is 1. The van der Waals surface area contributed by atoms with Crippen molar-refractivity contribution < 1.29 is 18.0 Å². The summed E-state index contributed by atoms with van der Waals surface area (Å²) in [6.45, 7) is 3.58. The molecule has 1 aromatic carbocycles. The van der Waals surface area contributed by atoms with Crippen molar-refractivity contribution in [3.63, 3.8) is 0 Å². The van der Waals surface area contributed by atoms with Crippen molar-refractivity contribution in [3.05, 3.63) is 47.3 Å². The molecule has 1 heterocycles. The van der Waals surface area contributed by atoms with E-state index in [0.717, 1.165) is 11.4 Å². The fraction of sp³-hybridized carbons (Fsp3) is 0.214. The van der Waals surface area contributed by atoms with Crippen molar-refractivity contribution in [1.82, 2.24) is 15.4 Å². The number of rotatable bonds is 4. The second-order valence-electron chi connectivity index (χ2n) is 4.63. The van der Waals surface area contributed by atoms with E-state index < -0.39 is 11.4 Å². The Hall–Kier alpha value is -2.29. The van der Waals surface area contributed by atoms with Gasteiger partial charge >= 0.3 is 5.51 Å². The highest BCUT2D eigenvalue weighted by Crippen LogP contribution is 2.36. The zero-order valence-electron chi connectivity index (χ0n) is 12.2. The summed E-state index contributed by atoms with van der Waals surface area (Å²) in [5.74, 6) is -0.267. The van der Waals surface area contributed by atoms with Gasteiger partial charge in [0, 0.05) is 21.8 Å². The Bertz CT molecular complexity index is 684. The maximum atomic E-state index is 12.2. The summed E-state index contributed by atoms with van der Waals surface area (Å²) in [6.07, 6.45) is 0. The standard InChI is InChI=1S/C14H13F3N4OS/c1-8-7-9(2)19-13(18-8)21-20-12(22)10-3-5-11(6-4-10)23-14(15,16)17/h3-7H,1-2H3,(H,20,22)(H,18,19,21). The Balaban J connectivity index is 1.98. The molecule has 0 aliphatic carbocycles. The number of halogens is 3. The predicted octanol–water partition coefficient (Wildman–Crippen LogP) is 3.46. The van der Waals surface area contributed by atoms with Crippen LogP contribution in [-0.2, 0) is 0 Å². The second kappa shape index (κ2) is 6.86. The first-order chi connectivity index (χ1) is 10.7. The average Bonchev–Trinajstić information content (AvgIpc) is 2.43. The van der Waals surface area contributed by atoms with Gasteiger partial charge in [0.05, 0.1) is 0 Å². The number of aryl methyl sites for hydroxylation is 2. The first kappa shape index (κ1) is 17.1. The molecule has 2 aromatic rings. The summed E-state index contributed by atoms with van der Waals surface area (Å²) in [5, 5.41) is 0. The second-order valence-corrected chi connectivity index (χ2v) is 5.76. The molecule has 1 amide bonds. The van der Waals surface area contributed by atoms with E-state index in [1.165, 1.54) is 24.3 Å². The first-order valence-corrected chi connectivity index (χ1v) is 7.29. The number of hydrazine groups is 1. The minimum Gasteiger partial charge on any atom is -0.267 e. The molecule has 0 aliphatic heterocycles. The largest absolute Gasteiger partial charge is 0.446 e. The number of amides is 1. The zero-order chi connectivity index (χ0) is 17.0. The van der Waals surface area contributed by atoms with Crippen LogP contribution in [0.5, 0.6) is 0 Å². The molecular weight excluding hydrogens is 329 g/mol. The number of nitrogens with one attached hydrogen (secondary N) is 2. The summed E-state index contributed by atoms with van der Waals surface area (Å²) >= 11 is -0.233. The van der Waals surface area contributed by atoms with Crippen LogP contribution in [0.25, 0.3) is 0 Å². The Labute approximate surface area is 134 Å². The predicted molar refractivity (Wildman–Crippen MR) is 80.9 cm³/mol. The molecule has 122 valence electrons. The smallest absolute Gasteiger partial charge is 0.267 e. The third kappa shape index (κ3) is 5.44. The molecule has 9 heteroatoms. The van der Waals surface area contributed by atoms with E-state index in [0.29, 0.717) is 0 Å². The van der Waals surface area contributed by atoms with Crippen LogP contribution in [0, 0.1) is 13.8 Å². The molecule has 0 radical (unpaired) electrons. The molecule has 5 nitrogen and oxygen atoms in total. The van der Waals surface area contributed by atoms with Gasteiger partial charge in [-0.25, -0.2) is 9.97 Å². The van der Waals surface area contributed by atoms with Crippen LogP contribution < -0.4 is 10.9 Å². The van der Waals surface area contributed by atoms with Crippen LogP contribution in [0.15, 0.2) is 35.2 Å². The number of aromatic nitrogens is 2. The Morgan fingerprint density at radius 3 is 2.17 bits per heavy atom. The highest BCUT2D eigenvalue weighted by atomic mass is 32.2. The lowest BCUT2D eigenvalue weighted by atomic mass is 10.2. The summed E-state index contributed by atoms with van der Waals surface area (Å²) < 4.78 is 36.7. The van der Waals surface area contributed by atoms with Gasteiger partial charge in [-0.2, -0.15) is 13.2 Å². The van der Waals surface area contributed by atoms with Crippen molar-refractivity contribution in [1.29, 1.82) is 0 Å². The van der Waals surface area contributed by atoms with Crippen LogP contribution in [-0.4, -0.2) is 21.4 Å². The Kier molecular flexibility index (Phi) is 5.09. The van der Waals surface area contributed by atoms with Gasteiger partial charge in [0.2, 0.25) is 5.95 Å². The maximum Gasteiger partial charge on any atom is 0.446 e. The van der Waals surface area contributed by atoms with Crippen LogP contribution in [0.3, 0.4) is 0 Å².